The third-order valence-electron chi connectivity index (χ3n) is 4.08. The van der Waals surface area contributed by atoms with Gasteiger partial charge >= 0.3 is 5.97 Å². The van der Waals surface area contributed by atoms with Crippen molar-refractivity contribution in [3.63, 3.8) is 0 Å². The molecule has 6 nitrogen and oxygen atoms in total. The smallest absolute Gasteiger partial charge is 0.310 e. The molecule has 6 heteroatoms. The Morgan fingerprint density at radius 2 is 2.05 bits per heavy atom. The Bertz CT molecular complexity index is 356. The molecule has 1 unspecified atom stereocenters. The number of hydrogen-bond acceptors (Lipinski definition) is 5. The van der Waals surface area contributed by atoms with Gasteiger partial charge in [0.1, 0.15) is 0 Å². The molecule has 2 heterocycles. The first-order valence-corrected chi connectivity index (χ1v) is 7.95. The zero-order valence-corrected chi connectivity index (χ0v) is 12.8. The Morgan fingerprint density at radius 3 is 2.76 bits per heavy atom. The molecule has 2 aliphatic rings. The second kappa shape index (κ2) is 8.34. The molecule has 0 spiro atoms. The largest absolute Gasteiger partial charge is 0.466 e. The van der Waals surface area contributed by atoms with Gasteiger partial charge in [0.25, 0.3) is 0 Å². The van der Waals surface area contributed by atoms with E-state index in [1.165, 1.54) is 0 Å². The van der Waals surface area contributed by atoms with Crippen molar-refractivity contribution >= 4 is 11.9 Å². The summed E-state index contributed by atoms with van der Waals surface area (Å²) in [7, 11) is 0. The van der Waals surface area contributed by atoms with E-state index in [2.05, 4.69) is 10.2 Å². The minimum Gasteiger partial charge on any atom is -0.466 e. The first-order chi connectivity index (χ1) is 10.2. The van der Waals surface area contributed by atoms with Gasteiger partial charge in [-0.2, -0.15) is 0 Å². The van der Waals surface area contributed by atoms with Gasteiger partial charge in [-0.15, -0.1) is 0 Å². The van der Waals surface area contributed by atoms with Crippen molar-refractivity contribution in [1.29, 1.82) is 0 Å². The number of carbonyl (C=O) groups excluding carboxylic acids is 2. The zero-order valence-electron chi connectivity index (χ0n) is 12.8. The fourth-order valence-electron chi connectivity index (χ4n) is 2.97. The average Bonchev–Trinajstić information content (AvgIpc) is 2.48. The van der Waals surface area contributed by atoms with Crippen molar-refractivity contribution in [2.75, 3.05) is 39.5 Å². The first kappa shape index (κ1) is 16.2. The number of nitrogens with zero attached hydrogens (tertiary/aromatic N) is 1. The SMILES string of the molecule is CCOC(=O)C1CCCN(CC(=O)NC2CCOCC2)C1. The molecule has 0 bridgehead atoms. The summed E-state index contributed by atoms with van der Waals surface area (Å²) in [6.07, 6.45) is 3.57. The highest BCUT2D eigenvalue weighted by Gasteiger charge is 2.28. The zero-order chi connectivity index (χ0) is 15.1. The maximum Gasteiger partial charge on any atom is 0.310 e. The number of piperidine rings is 1. The molecule has 0 aromatic rings. The summed E-state index contributed by atoms with van der Waals surface area (Å²) < 4.78 is 10.4. The lowest BCUT2D eigenvalue weighted by atomic mass is 9.98. The highest BCUT2D eigenvalue weighted by Crippen LogP contribution is 2.17. The quantitative estimate of drug-likeness (QED) is 0.751. The van der Waals surface area contributed by atoms with Crippen LogP contribution in [0.5, 0.6) is 0 Å². The van der Waals surface area contributed by atoms with E-state index in [0.29, 0.717) is 19.7 Å². The molecule has 1 atom stereocenters. The number of amides is 1. The topological polar surface area (TPSA) is 67.9 Å². The van der Waals surface area contributed by atoms with E-state index in [4.69, 9.17) is 9.47 Å². The average molecular weight is 298 g/mol. The highest BCUT2D eigenvalue weighted by atomic mass is 16.5. The molecule has 120 valence electrons. The van der Waals surface area contributed by atoms with Crippen LogP contribution in [-0.4, -0.2) is 62.3 Å². The predicted octanol–water partition coefficient (Wildman–Crippen LogP) is 0.557. The van der Waals surface area contributed by atoms with E-state index in [1.807, 2.05) is 6.92 Å². The number of carbonyl (C=O) groups is 2. The Labute approximate surface area is 126 Å². The van der Waals surface area contributed by atoms with E-state index in [-0.39, 0.29) is 23.8 Å². The second-order valence-electron chi connectivity index (χ2n) is 5.78. The lowest BCUT2D eigenvalue weighted by Crippen LogP contribution is -2.47. The van der Waals surface area contributed by atoms with Crippen LogP contribution in [0.4, 0.5) is 0 Å². The maximum absolute atomic E-state index is 12.1. The number of nitrogens with one attached hydrogen (secondary N) is 1. The van der Waals surface area contributed by atoms with Gasteiger partial charge in [0.2, 0.25) is 5.91 Å². The van der Waals surface area contributed by atoms with Crippen molar-refractivity contribution in [3.8, 4) is 0 Å². The van der Waals surface area contributed by atoms with Gasteiger partial charge in [0.05, 0.1) is 19.1 Å². The molecule has 0 aromatic heterocycles. The molecule has 2 rings (SSSR count). The van der Waals surface area contributed by atoms with Crippen LogP contribution < -0.4 is 5.32 Å². The Morgan fingerprint density at radius 1 is 1.29 bits per heavy atom. The van der Waals surface area contributed by atoms with E-state index in [0.717, 1.165) is 45.4 Å². The summed E-state index contributed by atoms with van der Waals surface area (Å²) in [5, 5.41) is 3.06. The van der Waals surface area contributed by atoms with Crippen LogP contribution in [0.3, 0.4) is 0 Å². The molecule has 0 saturated carbocycles. The summed E-state index contributed by atoms with van der Waals surface area (Å²) in [6, 6.07) is 0.233. The molecule has 2 saturated heterocycles. The summed E-state index contributed by atoms with van der Waals surface area (Å²) in [5.74, 6) is -0.173. The number of esters is 1. The molecule has 2 aliphatic heterocycles. The van der Waals surface area contributed by atoms with Gasteiger partial charge in [-0.05, 0) is 39.2 Å². The molecule has 21 heavy (non-hydrogen) atoms. The molecule has 0 aromatic carbocycles. The van der Waals surface area contributed by atoms with Crippen LogP contribution in [-0.2, 0) is 19.1 Å². The van der Waals surface area contributed by atoms with Crippen LogP contribution in [0.15, 0.2) is 0 Å². The number of likely N-dealkylation sites (tertiary alicyclic amines) is 1. The van der Waals surface area contributed by atoms with Crippen molar-refractivity contribution in [2.24, 2.45) is 5.92 Å². The first-order valence-electron chi connectivity index (χ1n) is 7.95. The van der Waals surface area contributed by atoms with Gasteiger partial charge in [0.15, 0.2) is 0 Å². The third kappa shape index (κ3) is 5.28. The van der Waals surface area contributed by atoms with Crippen LogP contribution in [0.2, 0.25) is 0 Å². The molecule has 2 fully saturated rings. The van der Waals surface area contributed by atoms with Crippen LogP contribution in [0.25, 0.3) is 0 Å². The molecule has 1 amide bonds. The van der Waals surface area contributed by atoms with Crippen molar-refractivity contribution in [1.82, 2.24) is 10.2 Å². The third-order valence-corrected chi connectivity index (χ3v) is 4.08. The maximum atomic E-state index is 12.1. The number of rotatable bonds is 5. The van der Waals surface area contributed by atoms with Crippen LogP contribution >= 0.6 is 0 Å². The van der Waals surface area contributed by atoms with E-state index >= 15 is 0 Å². The van der Waals surface area contributed by atoms with Gasteiger partial charge in [-0.25, -0.2) is 0 Å². The monoisotopic (exact) mass is 298 g/mol. The Kier molecular flexibility index (Phi) is 6.45. The molecule has 0 aliphatic carbocycles. The summed E-state index contributed by atoms with van der Waals surface area (Å²) >= 11 is 0. The highest BCUT2D eigenvalue weighted by molar-refractivity contribution is 5.78. The minimum absolute atomic E-state index is 0.0476. The number of ether oxygens (including phenoxy) is 2. The number of hydrogen-bond donors (Lipinski definition) is 1. The van der Waals surface area contributed by atoms with Gasteiger partial charge in [-0.1, -0.05) is 0 Å². The lowest BCUT2D eigenvalue weighted by molar-refractivity contribution is -0.150. The molecular formula is C15H26N2O4. The predicted molar refractivity (Wildman–Crippen MR) is 77.8 cm³/mol. The fraction of sp³-hybridized carbons (Fsp3) is 0.867. The van der Waals surface area contributed by atoms with E-state index in [9.17, 15) is 9.59 Å². The summed E-state index contributed by atoms with van der Waals surface area (Å²) in [4.78, 5) is 25.9. The fourth-order valence-corrected chi connectivity index (χ4v) is 2.97. The molecular weight excluding hydrogens is 272 g/mol. The van der Waals surface area contributed by atoms with Crippen molar-refractivity contribution in [3.05, 3.63) is 0 Å². The lowest BCUT2D eigenvalue weighted by Gasteiger charge is -2.31. The van der Waals surface area contributed by atoms with Crippen molar-refractivity contribution < 1.29 is 19.1 Å². The standard InChI is InChI=1S/C15H26N2O4/c1-2-21-15(19)12-4-3-7-17(10-12)11-14(18)16-13-5-8-20-9-6-13/h12-13H,2-11H2,1H3,(H,16,18). The molecule has 0 radical (unpaired) electrons. The second-order valence-corrected chi connectivity index (χ2v) is 5.78. The van der Waals surface area contributed by atoms with Crippen molar-refractivity contribution in [2.45, 2.75) is 38.6 Å². The minimum atomic E-state index is -0.132. The van der Waals surface area contributed by atoms with Crippen LogP contribution in [0, 0.1) is 5.92 Å². The van der Waals surface area contributed by atoms with Gasteiger partial charge in [0, 0.05) is 25.8 Å². The normalized spacial score (nSPS) is 24.5. The summed E-state index contributed by atoms with van der Waals surface area (Å²) in [5.41, 5.74) is 0. The Hall–Kier alpha value is -1.14. The Balaban J connectivity index is 1.73. The van der Waals surface area contributed by atoms with Gasteiger partial charge < -0.3 is 14.8 Å². The van der Waals surface area contributed by atoms with Gasteiger partial charge in [-0.3, -0.25) is 14.5 Å². The van der Waals surface area contributed by atoms with E-state index in [1.54, 1.807) is 0 Å². The summed E-state index contributed by atoms with van der Waals surface area (Å²) in [6.45, 7) is 5.54. The van der Waals surface area contributed by atoms with E-state index < -0.39 is 0 Å². The molecule has 1 N–H and O–H groups in total. The van der Waals surface area contributed by atoms with Crippen LogP contribution in [0.1, 0.15) is 32.6 Å².